The number of nitrogens with zero attached hydrogens (tertiary/aromatic N) is 7. The normalized spacial score (nSPS) is 14.2. The summed E-state index contributed by atoms with van der Waals surface area (Å²) < 4.78 is 1.43. The molecule has 0 bridgehead atoms. The minimum absolute atomic E-state index is 0.0341. The van der Waals surface area contributed by atoms with Gasteiger partial charge in [0.25, 0.3) is 5.91 Å². The maximum absolute atomic E-state index is 12.7. The lowest BCUT2D eigenvalue weighted by Gasteiger charge is -2.35. The van der Waals surface area contributed by atoms with Crippen molar-refractivity contribution in [1.82, 2.24) is 29.8 Å². The molecule has 9 nitrogen and oxygen atoms in total. The van der Waals surface area contributed by atoms with Gasteiger partial charge in [0.15, 0.2) is 5.69 Å². The van der Waals surface area contributed by atoms with E-state index in [0.29, 0.717) is 26.2 Å². The Bertz CT molecular complexity index is 823. The average molecular weight is 385 g/mol. The number of carbonyl (C=O) groups is 2. The van der Waals surface area contributed by atoms with Crippen LogP contribution >= 0.6 is 0 Å². The zero-order chi connectivity index (χ0) is 20.1. The van der Waals surface area contributed by atoms with Gasteiger partial charge in [0.05, 0.1) is 6.20 Å². The molecule has 1 aliphatic heterocycles. The lowest BCUT2D eigenvalue weighted by Crippen LogP contribution is -2.49. The molecule has 0 aliphatic carbocycles. The van der Waals surface area contributed by atoms with Crippen LogP contribution in [0.2, 0.25) is 0 Å². The zero-order valence-electron chi connectivity index (χ0n) is 16.7. The van der Waals surface area contributed by atoms with Crippen LogP contribution in [-0.4, -0.2) is 80.9 Å². The Balaban J connectivity index is 1.57. The van der Waals surface area contributed by atoms with Gasteiger partial charge in [-0.05, 0) is 32.9 Å². The molecule has 1 aliphatic rings. The number of aromatic nitrogens is 4. The van der Waals surface area contributed by atoms with Gasteiger partial charge in [-0.2, -0.15) is 0 Å². The van der Waals surface area contributed by atoms with Crippen molar-refractivity contribution in [2.45, 2.75) is 27.3 Å². The first-order valence-electron chi connectivity index (χ1n) is 9.67. The number of rotatable bonds is 6. The van der Waals surface area contributed by atoms with Crippen molar-refractivity contribution in [3.63, 3.8) is 0 Å². The van der Waals surface area contributed by atoms with Gasteiger partial charge in [0, 0.05) is 45.0 Å². The Morgan fingerprint density at radius 3 is 2.46 bits per heavy atom. The monoisotopic (exact) mass is 385 g/mol. The fourth-order valence-electron chi connectivity index (χ4n) is 3.29. The molecule has 3 heterocycles. The summed E-state index contributed by atoms with van der Waals surface area (Å²) in [6, 6.07) is 5.95. The molecule has 9 heteroatoms. The fourth-order valence-corrected chi connectivity index (χ4v) is 3.29. The lowest BCUT2D eigenvalue weighted by atomic mass is 10.2. The first-order valence-corrected chi connectivity index (χ1v) is 9.67. The average Bonchev–Trinajstić information content (AvgIpc) is 3.17. The Hall–Kier alpha value is -2.97. The summed E-state index contributed by atoms with van der Waals surface area (Å²) in [7, 11) is 0. The first kappa shape index (κ1) is 19.8. The smallest absolute Gasteiger partial charge is 0.276 e. The molecule has 0 unspecified atom stereocenters. The van der Waals surface area contributed by atoms with Crippen molar-refractivity contribution in [1.29, 1.82) is 0 Å². The standard InChI is InChI=1S/C19H27N7O2/c1-4-23(5-2)18(27)14-26-13-16(21-22-26)19(28)25-11-9-24(10-12-25)17-8-6-7-15(3)20-17/h6-8,13H,4-5,9-12,14H2,1-3H3. The SMILES string of the molecule is CCN(CC)C(=O)Cn1cc(C(=O)N2CCN(c3cccc(C)n3)CC2)nn1. The highest BCUT2D eigenvalue weighted by atomic mass is 16.2. The molecular weight excluding hydrogens is 358 g/mol. The van der Waals surface area contributed by atoms with Crippen molar-refractivity contribution < 1.29 is 9.59 Å². The van der Waals surface area contributed by atoms with Gasteiger partial charge < -0.3 is 14.7 Å². The molecule has 0 radical (unpaired) electrons. The molecule has 0 saturated carbocycles. The number of amides is 2. The van der Waals surface area contributed by atoms with Gasteiger partial charge in [0.2, 0.25) is 5.91 Å². The van der Waals surface area contributed by atoms with E-state index >= 15 is 0 Å². The quantitative estimate of drug-likeness (QED) is 0.731. The van der Waals surface area contributed by atoms with Crippen LogP contribution in [0.1, 0.15) is 30.0 Å². The fraction of sp³-hybridized carbons (Fsp3) is 0.526. The Kier molecular flexibility index (Phi) is 6.23. The molecule has 1 fully saturated rings. The van der Waals surface area contributed by atoms with E-state index in [1.54, 1.807) is 16.0 Å². The second kappa shape index (κ2) is 8.81. The molecular formula is C19H27N7O2. The van der Waals surface area contributed by atoms with Gasteiger partial charge in [-0.3, -0.25) is 9.59 Å². The Morgan fingerprint density at radius 1 is 1.11 bits per heavy atom. The van der Waals surface area contributed by atoms with Gasteiger partial charge in [-0.1, -0.05) is 11.3 Å². The molecule has 2 aromatic heterocycles. The highest BCUT2D eigenvalue weighted by molar-refractivity contribution is 5.92. The number of carbonyl (C=O) groups excluding carboxylic acids is 2. The number of hydrogen-bond acceptors (Lipinski definition) is 6. The van der Waals surface area contributed by atoms with E-state index in [4.69, 9.17) is 0 Å². The van der Waals surface area contributed by atoms with E-state index in [9.17, 15) is 9.59 Å². The molecule has 2 aromatic rings. The number of piperazine rings is 1. The number of anilines is 1. The first-order chi connectivity index (χ1) is 13.5. The largest absolute Gasteiger partial charge is 0.353 e. The molecule has 3 rings (SSSR count). The lowest BCUT2D eigenvalue weighted by molar-refractivity contribution is -0.131. The van der Waals surface area contributed by atoms with Crippen LogP contribution < -0.4 is 4.90 Å². The highest BCUT2D eigenvalue weighted by Crippen LogP contribution is 2.15. The van der Waals surface area contributed by atoms with E-state index < -0.39 is 0 Å². The summed E-state index contributed by atoms with van der Waals surface area (Å²) >= 11 is 0. The van der Waals surface area contributed by atoms with Crippen LogP contribution in [0.4, 0.5) is 5.82 Å². The summed E-state index contributed by atoms with van der Waals surface area (Å²) in [6.45, 7) is 9.86. The maximum Gasteiger partial charge on any atom is 0.276 e. The molecule has 150 valence electrons. The van der Waals surface area contributed by atoms with Crippen molar-refractivity contribution in [3.8, 4) is 0 Å². The zero-order valence-corrected chi connectivity index (χ0v) is 16.7. The molecule has 0 N–H and O–H groups in total. The van der Waals surface area contributed by atoms with Crippen LogP contribution in [0.3, 0.4) is 0 Å². The van der Waals surface area contributed by atoms with Crippen molar-refractivity contribution in [2.75, 3.05) is 44.2 Å². The van der Waals surface area contributed by atoms with Gasteiger partial charge in [-0.25, -0.2) is 9.67 Å². The topological polar surface area (TPSA) is 87.5 Å². The molecule has 1 saturated heterocycles. The summed E-state index contributed by atoms with van der Waals surface area (Å²) in [5.74, 6) is 0.750. The molecule has 0 atom stereocenters. The van der Waals surface area contributed by atoms with Crippen LogP contribution in [-0.2, 0) is 11.3 Å². The van der Waals surface area contributed by atoms with Crippen molar-refractivity contribution in [3.05, 3.63) is 35.8 Å². The minimum atomic E-state index is -0.154. The predicted octanol–water partition coefficient (Wildman–Crippen LogP) is 0.812. The third kappa shape index (κ3) is 4.47. The number of likely N-dealkylation sites (N-methyl/N-ethyl adjacent to an activating group) is 1. The molecule has 28 heavy (non-hydrogen) atoms. The van der Waals surface area contributed by atoms with Gasteiger partial charge in [-0.15, -0.1) is 5.10 Å². The number of hydrogen-bond donors (Lipinski definition) is 0. The molecule has 0 aromatic carbocycles. The van der Waals surface area contributed by atoms with Crippen LogP contribution in [0.15, 0.2) is 24.4 Å². The van der Waals surface area contributed by atoms with Crippen LogP contribution in [0.25, 0.3) is 0 Å². The maximum atomic E-state index is 12.7. The van der Waals surface area contributed by atoms with Crippen molar-refractivity contribution >= 4 is 17.6 Å². The van der Waals surface area contributed by atoms with Crippen LogP contribution in [0, 0.1) is 6.92 Å². The second-order valence-electron chi connectivity index (χ2n) is 6.78. The van der Waals surface area contributed by atoms with E-state index in [1.807, 2.05) is 39.0 Å². The summed E-state index contributed by atoms with van der Waals surface area (Å²) in [6.07, 6.45) is 1.55. The summed E-state index contributed by atoms with van der Waals surface area (Å²) in [4.78, 5) is 35.1. The Morgan fingerprint density at radius 2 is 1.82 bits per heavy atom. The van der Waals surface area contributed by atoms with Gasteiger partial charge >= 0.3 is 0 Å². The van der Waals surface area contributed by atoms with Gasteiger partial charge in [0.1, 0.15) is 12.4 Å². The molecule has 2 amide bonds. The summed E-state index contributed by atoms with van der Waals surface area (Å²) in [5.41, 5.74) is 1.25. The van der Waals surface area contributed by atoms with E-state index in [-0.39, 0.29) is 24.1 Å². The third-order valence-electron chi connectivity index (χ3n) is 4.94. The van der Waals surface area contributed by atoms with Crippen LogP contribution in [0.5, 0.6) is 0 Å². The minimum Gasteiger partial charge on any atom is -0.353 e. The van der Waals surface area contributed by atoms with E-state index in [1.165, 1.54) is 4.68 Å². The third-order valence-corrected chi connectivity index (χ3v) is 4.94. The number of aryl methyl sites for hydroxylation is 1. The highest BCUT2D eigenvalue weighted by Gasteiger charge is 2.25. The molecule has 0 spiro atoms. The Labute approximate surface area is 164 Å². The predicted molar refractivity (Wildman–Crippen MR) is 105 cm³/mol. The second-order valence-corrected chi connectivity index (χ2v) is 6.78. The van der Waals surface area contributed by atoms with E-state index in [2.05, 4.69) is 20.2 Å². The number of pyridine rings is 1. The van der Waals surface area contributed by atoms with Crippen molar-refractivity contribution in [2.24, 2.45) is 0 Å². The summed E-state index contributed by atoms with van der Waals surface area (Å²) in [5, 5.41) is 7.92. The van der Waals surface area contributed by atoms with E-state index in [0.717, 1.165) is 24.6 Å².